The van der Waals surface area contributed by atoms with E-state index in [2.05, 4.69) is 15.4 Å². The fraction of sp³-hybridized carbons (Fsp3) is 0.333. The molecule has 0 aliphatic carbocycles. The maximum atomic E-state index is 15.3. The Hall–Kier alpha value is -3.18. The smallest absolute Gasteiger partial charge is 0.150 e. The van der Waals surface area contributed by atoms with Crippen LogP contribution in [-0.2, 0) is 0 Å². The van der Waals surface area contributed by atoms with E-state index in [1.165, 1.54) is 29.2 Å². The van der Waals surface area contributed by atoms with Crippen molar-refractivity contribution in [1.29, 1.82) is 0 Å². The number of benzene rings is 2. The van der Waals surface area contributed by atoms with Gasteiger partial charge in [0.1, 0.15) is 29.9 Å². The molecule has 0 amide bonds. The van der Waals surface area contributed by atoms with Crippen LogP contribution in [0.2, 0.25) is 0 Å². The largest absolute Gasteiger partial charge is 0.315 e. The number of likely N-dealkylation sites (N-methyl/N-ethyl adjacent to an activating group) is 1. The number of hydrogen-bond donors (Lipinski definition) is 3. The summed E-state index contributed by atoms with van der Waals surface area (Å²) in [6.07, 6.45) is 0.499. The van der Waals surface area contributed by atoms with Crippen molar-refractivity contribution in [2.24, 2.45) is 11.5 Å². The molecule has 34 heavy (non-hydrogen) atoms. The molecule has 3 aromatic rings. The van der Waals surface area contributed by atoms with Crippen molar-refractivity contribution < 1.29 is 8.78 Å². The number of anilines is 1. The van der Waals surface area contributed by atoms with Gasteiger partial charge in [-0.15, -0.1) is 0 Å². The summed E-state index contributed by atoms with van der Waals surface area (Å²) in [5, 5.41) is 7.65. The topological polar surface area (TPSA) is 101 Å². The van der Waals surface area contributed by atoms with Gasteiger partial charge in [-0.25, -0.2) is 18.4 Å². The van der Waals surface area contributed by atoms with Crippen LogP contribution in [-0.4, -0.2) is 51.8 Å². The van der Waals surface area contributed by atoms with Crippen LogP contribution in [0.3, 0.4) is 0 Å². The second kappa shape index (κ2) is 8.88. The van der Waals surface area contributed by atoms with Crippen LogP contribution < -0.4 is 21.7 Å². The molecule has 5 rings (SSSR count). The highest BCUT2D eigenvalue weighted by molar-refractivity contribution is 5.61. The fourth-order valence-electron chi connectivity index (χ4n) is 4.94. The Morgan fingerprint density at radius 1 is 1.12 bits per heavy atom. The number of aromatic nitrogens is 3. The number of rotatable bonds is 4. The van der Waals surface area contributed by atoms with Crippen LogP contribution in [0.15, 0.2) is 60.1 Å². The summed E-state index contributed by atoms with van der Waals surface area (Å²) in [7, 11) is 0. The van der Waals surface area contributed by atoms with E-state index in [9.17, 15) is 4.39 Å². The van der Waals surface area contributed by atoms with Crippen molar-refractivity contribution in [3.05, 3.63) is 83.1 Å². The molecule has 2 aliphatic heterocycles. The van der Waals surface area contributed by atoms with E-state index in [1.807, 2.05) is 22.8 Å². The predicted octanol–water partition coefficient (Wildman–Crippen LogP) is 2.16. The molecule has 3 unspecified atom stereocenters. The van der Waals surface area contributed by atoms with Crippen LogP contribution in [0.25, 0.3) is 5.69 Å². The zero-order valence-electron chi connectivity index (χ0n) is 19.1. The average Bonchev–Trinajstić information content (AvgIpc) is 3.26. The van der Waals surface area contributed by atoms with Gasteiger partial charge in [0.2, 0.25) is 0 Å². The second-order valence-electron chi connectivity index (χ2n) is 8.58. The van der Waals surface area contributed by atoms with E-state index >= 15 is 4.39 Å². The first kappa shape index (κ1) is 22.6. The molecule has 0 spiro atoms. The summed E-state index contributed by atoms with van der Waals surface area (Å²) >= 11 is 0. The quantitative estimate of drug-likeness (QED) is 0.542. The van der Waals surface area contributed by atoms with Crippen molar-refractivity contribution in [3.8, 4) is 5.69 Å². The van der Waals surface area contributed by atoms with Crippen molar-refractivity contribution >= 4 is 5.69 Å². The molecule has 2 aromatic carbocycles. The number of aryl methyl sites for hydroxylation is 1. The fourth-order valence-corrected chi connectivity index (χ4v) is 4.94. The molecule has 0 saturated carbocycles. The first-order chi connectivity index (χ1) is 16.4. The number of halogens is 2. The van der Waals surface area contributed by atoms with Gasteiger partial charge in [0.05, 0.1) is 6.17 Å². The van der Waals surface area contributed by atoms with Gasteiger partial charge >= 0.3 is 0 Å². The minimum absolute atomic E-state index is 0.124. The predicted molar refractivity (Wildman–Crippen MR) is 126 cm³/mol. The van der Waals surface area contributed by atoms with Crippen LogP contribution in [0.5, 0.6) is 0 Å². The molecule has 0 saturated heterocycles. The van der Waals surface area contributed by atoms with Gasteiger partial charge in [-0.2, -0.15) is 5.10 Å². The summed E-state index contributed by atoms with van der Waals surface area (Å²) in [6.45, 7) is 5.58. The third-order valence-electron chi connectivity index (χ3n) is 6.60. The van der Waals surface area contributed by atoms with Crippen LogP contribution in [0.4, 0.5) is 14.5 Å². The SMILES string of the molecule is CCN1C(N)C2=C(C(c3ccc(F)cc3)CNC2)N(c2ccc(-n3cnc(C)n3)c(F)c2)C1N. The lowest BCUT2D eigenvalue weighted by Gasteiger charge is -2.51. The van der Waals surface area contributed by atoms with E-state index in [4.69, 9.17) is 11.5 Å². The van der Waals surface area contributed by atoms with E-state index in [1.54, 1.807) is 25.1 Å². The highest BCUT2D eigenvalue weighted by atomic mass is 19.1. The minimum atomic E-state index is -0.598. The lowest BCUT2D eigenvalue weighted by atomic mass is 9.86. The van der Waals surface area contributed by atoms with Gasteiger partial charge in [-0.3, -0.25) is 10.6 Å². The lowest BCUT2D eigenvalue weighted by Crippen LogP contribution is -2.66. The van der Waals surface area contributed by atoms with Crippen molar-refractivity contribution in [2.45, 2.75) is 32.2 Å². The van der Waals surface area contributed by atoms with Crippen molar-refractivity contribution in [1.82, 2.24) is 25.0 Å². The average molecular weight is 467 g/mol. The Morgan fingerprint density at radius 3 is 2.53 bits per heavy atom. The molecule has 178 valence electrons. The Morgan fingerprint density at radius 2 is 1.88 bits per heavy atom. The van der Waals surface area contributed by atoms with Gasteiger partial charge in [0.25, 0.3) is 0 Å². The first-order valence-corrected chi connectivity index (χ1v) is 11.3. The third kappa shape index (κ3) is 3.78. The third-order valence-corrected chi connectivity index (χ3v) is 6.60. The van der Waals surface area contributed by atoms with Crippen LogP contribution in [0.1, 0.15) is 24.2 Å². The van der Waals surface area contributed by atoms with E-state index < -0.39 is 12.1 Å². The monoisotopic (exact) mass is 466 g/mol. The zero-order chi connectivity index (χ0) is 24.0. The Labute approximate surface area is 196 Å². The normalized spacial score (nSPS) is 23.4. The summed E-state index contributed by atoms with van der Waals surface area (Å²) in [5.41, 5.74) is 17.1. The summed E-state index contributed by atoms with van der Waals surface area (Å²) < 4.78 is 30.4. The first-order valence-electron chi connectivity index (χ1n) is 11.3. The Balaban J connectivity index is 1.63. The zero-order valence-corrected chi connectivity index (χ0v) is 19.1. The molecular formula is C24H28F2N8. The van der Waals surface area contributed by atoms with Crippen molar-refractivity contribution in [3.63, 3.8) is 0 Å². The Kier molecular flexibility index (Phi) is 5.90. The molecule has 0 fully saturated rings. The molecule has 3 atom stereocenters. The van der Waals surface area contributed by atoms with Crippen LogP contribution in [0, 0.1) is 18.6 Å². The summed E-state index contributed by atoms with van der Waals surface area (Å²) in [4.78, 5) is 8.01. The number of nitrogens with two attached hydrogens (primary N) is 2. The van der Waals surface area contributed by atoms with Gasteiger partial charge in [-0.1, -0.05) is 19.1 Å². The standard InChI is InChI=1S/C24H28F2N8/c1-3-32-23(27)19-12-29-11-18(15-4-6-16(25)7-5-15)22(19)34(24(32)28)17-8-9-21(20(26)10-17)33-13-30-14(2)31-33/h4-10,13,18,23-24,29H,3,11-12,27-28H2,1-2H3. The molecule has 1 aromatic heterocycles. The number of nitrogens with one attached hydrogen (secondary N) is 1. The van der Waals surface area contributed by atoms with E-state index in [0.717, 1.165) is 16.8 Å². The van der Waals surface area contributed by atoms with Gasteiger partial charge in [0, 0.05) is 36.9 Å². The molecule has 3 heterocycles. The molecule has 10 heteroatoms. The number of nitrogens with zero attached hydrogens (tertiary/aromatic N) is 5. The van der Waals surface area contributed by atoms with Gasteiger partial charge in [-0.05, 0) is 48.4 Å². The van der Waals surface area contributed by atoms with Crippen molar-refractivity contribution in [2.75, 3.05) is 24.5 Å². The lowest BCUT2D eigenvalue weighted by molar-refractivity contribution is 0.145. The number of hydrogen-bond acceptors (Lipinski definition) is 7. The summed E-state index contributed by atoms with van der Waals surface area (Å²) in [5.74, 6) is -0.308. The van der Waals surface area contributed by atoms with Gasteiger partial charge in [0.15, 0.2) is 5.82 Å². The molecule has 0 bridgehead atoms. The van der Waals surface area contributed by atoms with E-state index in [0.29, 0.717) is 36.8 Å². The molecule has 5 N–H and O–H groups in total. The Bertz CT molecular complexity index is 1220. The van der Waals surface area contributed by atoms with E-state index in [-0.39, 0.29) is 17.9 Å². The maximum absolute atomic E-state index is 15.3. The highest BCUT2D eigenvalue weighted by Crippen LogP contribution is 2.40. The van der Waals surface area contributed by atoms with Gasteiger partial charge < -0.3 is 16.0 Å². The molecule has 8 nitrogen and oxygen atoms in total. The summed E-state index contributed by atoms with van der Waals surface area (Å²) in [6, 6.07) is 11.4. The second-order valence-corrected chi connectivity index (χ2v) is 8.58. The van der Waals surface area contributed by atoms with Crippen LogP contribution >= 0.6 is 0 Å². The minimum Gasteiger partial charge on any atom is -0.315 e. The molecule has 0 radical (unpaired) electrons. The molecular weight excluding hydrogens is 438 g/mol. The maximum Gasteiger partial charge on any atom is 0.150 e. The molecule has 2 aliphatic rings. The highest BCUT2D eigenvalue weighted by Gasteiger charge is 2.42.